The van der Waals surface area contributed by atoms with Gasteiger partial charge in [0.1, 0.15) is 0 Å². The molecule has 0 amide bonds. The zero-order chi connectivity index (χ0) is 13.2. The van der Waals surface area contributed by atoms with Crippen LogP contribution in [-0.2, 0) is 13.0 Å². The van der Waals surface area contributed by atoms with Gasteiger partial charge in [-0.2, -0.15) is 5.10 Å². The highest BCUT2D eigenvalue weighted by Gasteiger charge is 2.36. The van der Waals surface area contributed by atoms with Crippen LogP contribution in [0.4, 0.5) is 0 Å². The molecule has 5 nitrogen and oxygen atoms in total. The second-order valence-electron chi connectivity index (χ2n) is 5.71. The van der Waals surface area contributed by atoms with Crippen molar-refractivity contribution < 1.29 is 0 Å². The van der Waals surface area contributed by atoms with Crippen molar-refractivity contribution >= 4 is 0 Å². The summed E-state index contributed by atoms with van der Waals surface area (Å²) in [5.74, 6) is 0. The van der Waals surface area contributed by atoms with E-state index in [1.165, 1.54) is 38.3 Å². The molecule has 3 aliphatic rings. The number of hydrogen-bond donors (Lipinski definition) is 1. The average molecular weight is 263 g/mol. The quantitative estimate of drug-likeness (QED) is 0.813. The summed E-state index contributed by atoms with van der Waals surface area (Å²) in [5, 5.41) is 7.91. The van der Waals surface area contributed by atoms with E-state index in [0.29, 0.717) is 12.1 Å². The summed E-state index contributed by atoms with van der Waals surface area (Å²) in [6.07, 6.45) is 5.27. The molecule has 1 aromatic heterocycles. The number of likely N-dealkylation sites (N-methyl/N-ethyl adjacent to an activating group) is 1. The van der Waals surface area contributed by atoms with Gasteiger partial charge in [-0.15, -0.1) is 0 Å². The minimum Gasteiger partial charge on any atom is -0.315 e. The molecule has 106 valence electrons. The number of rotatable bonds is 5. The third-order valence-corrected chi connectivity index (χ3v) is 4.62. The van der Waals surface area contributed by atoms with Crippen LogP contribution >= 0.6 is 0 Å². The Balaban J connectivity index is 1.67. The lowest BCUT2D eigenvalue weighted by Crippen LogP contribution is -2.66. The van der Waals surface area contributed by atoms with Gasteiger partial charge in [0.25, 0.3) is 0 Å². The lowest BCUT2D eigenvalue weighted by molar-refractivity contribution is -0.00202. The Morgan fingerprint density at radius 3 is 2.68 bits per heavy atom. The summed E-state index contributed by atoms with van der Waals surface area (Å²) in [6.45, 7) is 9.27. The van der Waals surface area contributed by atoms with Gasteiger partial charge >= 0.3 is 0 Å². The van der Waals surface area contributed by atoms with Crippen molar-refractivity contribution in [2.45, 2.75) is 32.0 Å². The summed E-state index contributed by atoms with van der Waals surface area (Å²) in [4.78, 5) is 5.26. The summed E-state index contributed by atoms with van der Waals surface area (Å²) < 4.78 is 2.01. The topological polar surface area (TPSA) is 36.3 Å². The predicted molar refractivity (Wildman–Crippen MR) is 76.3 cm³/mol. The Morgan fingerprint density at radius 2 is 2.16 bits per heavy atom. The number of piperazine rings is 3. The molecule has 3 saturated heterocycles. The van der Waals surface area contributed by atoms with Gasteiger partial charge in [-0.05, 0) is 26.0 Å². The molecule has 0 spiro atoms. The summed E-state index contributed by atoms with van der Waals surface area (Å²) in [7, 11) is 2.09. The predicted octanol–water partition coefficient (Wildman–Crippen LogP) is 0.0333. The maximum Gasteiger partial charge on any atom is 0.0522 e. The van der Waals surface area contributed by atoms with E-state index in [9.17, 15) is 0 Å². The fourth-order valence-corrected chi connectivity index (χ4v) is 3.41. The largest absolute Gasteiger partial charge is 0.315 e. The van der Waals surface area contributed by atoms with Crippen molar-refractivity contribution in [1.29, 1.82) is 0 Å². The first-order valence-corrected chi connectivity index (χ1v) is 7.45. The Morgan fingerprint density at radius 1 is 1.37 bits per heavy atom. The average Bonchev–Trinajstić information content (AvgIpc) is 2.93. The monoisotopic (exact) mass is 263 g/mol. The van der Waals surface area contributed by atoms with Crippen LogP contribution in [0.25, 0.3) is 0 Å². The number of nitrogens with zero attached hydrogens (tertiary/aromatic N) is 4. The third kappa shape index (κ3) is 2.68. The minimum atomic E-state index is 0.526. The highest BCUT2D eigenvalue weighted by atomic mass is 15.4. The highest BCUT2D eigenvalue weighted by Crippen LogP contribution is 2.20. The first kappa shape index (κ1) is 13.1. The van der Waals surface area contributed by atoms with Crippen LogP contribution in [0.1, 0.15) is 12.5 Å². The SMILES string of the molecule is CCn1cc(CC(NC)C2CN3CCN2CC3)cn1. The van der Waals surface area contributed by atoms with Gasteiger partial charge < -0.3 is 5.32 Å². The second-order valence-corrected chi connectivity index (χ2v) is 5.71. The molecule has 5 heteroatoms. The molecule has 1 aromatic rings. The van der Waals surface area contributed by atoms with Gasteiger partial charge in [-0.1, -0.05) is 0 Å². The smallest absolute Gasteiger partial charge is 0.0522 e. The maximum atomic E-state index is 4.38. The molecule has 0 aliphatic carbocycles. The normalized spacial score (nSPS) is 31.6. The van der Waals surface area contributed by atoms with E-state index in [1.54, 1.807) is 0 Å². The van der Waals surface area contributed by atoms with Gasteiger partial charge in [0.05, 0.1) is 6.20 Å². The number of aryl methyl sites for hydroxylation is 1. The van der Waals surface area contributed by atoms with Gasteiger partial charge in [0.2, 0.25) is 0 Å². The first-order chi connectivity index (χ1) is 9.30. The van der Waals surface area contributed by atoms with E-state index < -0.39 is 0 Å². The standard InChI is InChI=1S/C14H25N5/c1-3-19-10-12(9-16-19)8-13(15-2)14-11-17-4-6-18(14)7-5-17/h9-10,13-15H,3-8,11H2,1-2H3. The van der Waals surface area contributed by atoms with Gasteiger partial charge in [-0.25, -0.2) is 0 Å². The minimum absolute atomic E-state index is 0.526. The van der Waals surface area contributed by atoms with Gasteiger partial charge in [0, 0.05) is 57.5 Å². The molecule has 1 N–H and O–H groups in total. The number of nitrogens with one attached hydrogen (secondary N) is 1. The molecular formula is C14H25N5. The molecule has 2 bridgehead atoms. The van der Waals surface area contributed by atoms with Crippen LogP contribution in [0.2, 0.25) is 0 Å². The summed E-state index contributed by atoms with van der Waals surface area (Å²) >= 11 is 0. The van der Waals surface area contributed by atoms with Gasteiger partial charge in [0.15, 0.2) is 0 Å². The summed E-state index contributed by atoms with van der Waals surface area (Å²) in [6, 6.07) is 1.18. The van der Waals surface area contributed by atoms with Crippen molar-refractivity contribution in [1.82, 2.24) is 24.9 Å². The first-order valence-electron chi connectivity index (χ1n) is 7.45. The van der Waals surface area contributed by atoms with Crippen LogP contribution in [0, 0.1) is 0 Å². The Kier molecular flexibility index (Phi) is 3.86. The third-order valence-electron chi connectivity index (χ3n) is 4.62. The highest BCUT2D eigenvalue weighted by molar-refractivity contribution is 5.09. The molecule has 4 rings (SSSR count). The van der Waals surface area contributed by atoms with Crippen molar-refractivity contribution in [3.8, 4) is 0 Å². The van der Waals surface area contributed by atoms with E-state index >= 15 is 0 Å². The van der Waals surface area contributed by atoms with Crippen molar-refractivity contribution in [3.05, 3.63) is 18.0 Å². The van der Waals surface area contributed by atoms with Crippen LogP contribution in [0.5, 0.6) is 0 Å². The molecule has 0 aromatic carbocycles. The molecule has 0 radical (unpaired) electrons. The fourth-order valence-electron chi connectivity index (χ4n) is 3.41. The molecular weight excluding hydrogens is 238 g/mol. The number of aromatic nitrogens is 2. The lowest BCUT2D eigenvalue weighted by Gasteiger charge is -2.50. The molecule has 0 saturated carbocycles. The molecule has 2 unspecified atom stereocenters. The molecule has 3 fully saturated rings. The second kappa shape index (κ2) is 5.61. The van der Waals surface area contributed by atoms with Crippen molar-refractivity contribution in [3.63, 3.8) is 0 Å². The molecule has 19 heavy (non-hydrogen) atoms. The van der Waals surface area contributed by atoms with Crippen LogP contribution in [-0.4, -0.2) is 71.4 Å². The fraction of sp³-hybridized carbons (Fsp3) is 0.786. The van der Waals surface area contributed by atoms with Crippen LogP contribution < -0.4 is 5.32 Å². The van der Waals surface area contributed by atoms with Crippen molar-refractivity contribution in [2.75, 3.05) is 39.8 Å². The zero-order valence-corrected chi connectivity index (χ0v) is 12.0. The van der Waals surface area contributed by atoms with E-state index in [0.717, 1.165) is 13.0 Å². The molecule has 3 aliphatic heterocycles. The lowest BCUT2D eigenvalue weighted by atomic mass is 9.95. The molecule has 4 heterocycles. The van der Waals surface area contributed by atoms with E-state index in [2.05, 4.69) is 40.4 Å². The van der Waals surface area contributed by atoms with Crippen molar-refractivity contribution in [2.24, 2.45) is 0 Å². The summed E-state index contributed by atoms with van der Waals surface area (Å²) in [5.41, 5.74) is 1.35. The van der Waals surface area contributed by atoms with Crippen LogP contribution in [0.15, 0.2) is 12.4 Å². The van der Waals surface area contributed by atoms with Crippen LogP contribution in [0.3, 0.4) is 0 Å². The molecule has 2 atom stereocenters. The number of hydrogen-bond acceptors (Lipinski definition) is 4. The Bertz CT molecular complexity index is 408. The number of fused-ring (bicyclic) bond motifs is 3. The zero-order valence-electron chi connectivity index (χ0n) is 12.0. The maximum absolute atomic E-state index is 4.38. The Hall–Kier alpha value is -0.910. The van der Waals surface area contributed by atoms with Gasteiger partial charge in [-0.3, -0.25) is 14.5 Å². The van der Waals surface area contributed by atoms with E-state index in [1.807, 2.05) is 10.9 Å². The Labute approximate surface area is 115 Å². The van der Waals surface area contributed by atoms with E-state index in [4.69, 9.17) is 0 Å². The van der Waals surface area contributed by atoms with E-state index in [-0.39, 0.29) is 0 Å².